The van der Waals surface area contributed by atoms with Gasteiger partial charge in [0.15, 0.2) is 5.15 Å². The molecule has 0 fully saturated rings. The first-order valence-corrected chi connectivity index (χ1v) is 9.27. The highest BCUT2D eigenvalue weighted by atomic mass is 35.5. The molecule has 2 heterocycles. The molecule has 0 spiro atoms. The minimum atomic E-state index is -1.10. The first-order valence-electron chi connectivity index (χ1n) is 8.89. The topological polar surface area (TPSA) is 117 Å². The van der Waals surface area contributed by atoms with Crippen molar-refractivity contribution < 1.29 is 18.3 Å². The maximum absolute atomic E-state index is 13.9. The standard InChI is InChI=1S/C19H12ClF2N7O3/c1-28-18(25-26-27-28)24-19(31)32-16-17(30)29(13-5-3-2-4-6-13)14(15(20)23-16)10-7-11(21)9-12(22)8-10/h2-9H,1H3,(H,24,25,27,31). The summed E-state index contributed by atoms with van der Waals surface area (Å²) in [4.78, 5) is 29.2. The molecule has 0 saturated carbocycles. The molecule has 4 rings (SSSR count). The third-order valence-corrected chi connectivity index (χ3v) is 4.44. The second-order valence-electron chi connectivity index (χ2n) is 6.33. The van der Waals surface area contributed by atoms with Crippen molar-refractivity contribution in [1.29, 1.82) is 0 Å². The van der Waals surface area contributed by atoms with E-state index in [2.05, 4.69) is 25.8 Å². The first-order chi connectivity index (χ1) is 15.3. The zero-order chi connectivity index (χ0) is 22.8. The van der Waals surface area contributed by atoms with Crippen LogP contribution in [-0.2, 0) is 7.05 Å². The van der Waals surface area contributed by atoms with E-state index in [1.165, 1.54) is 7.05 Å². The SMILES string of the molecule is Cn1nnnc1NC(=O)Oc1nc(Cl)c(-c2cc(F)cc(F)c2)n(-c2ccccc2)c1=O. The van der Waals surface area contributed by atoms with E-state index in [1.54, 1.807) is 30.3 Å². The fourth-order valence-electron chi connectivity index (χ4n) is 2.85. The molecule has 0 aliphatic heterocycles. The Labute approximate surface area is 183 Å². The minimum absolute atomic E-state index is 0.0397. The molecule has 0 saturated heterocycles. The van der Waals surface area contributed by atoms with Crippen molar-refractivity contribution in [3.63, 3.8) is 0 Å². The molecule has 0 unspecified atom stereocenters. The molecule has 13 heteroatoms. The molecule has 4 aromatic rings. The highest BCUT2D eigenvalue weighted by Crippen LogP contribution is 2.30. The number of rotatable bonds is 4. The van der Waals surface area contributed by atoms with Gasteiger partial charge in [0, 0.05) is 24.4 Å². The predicted octanol–water partition coefficient (Wildman–Crippen LogP) is 2.97. The van der Waals surface area contributed by atoms with Crippen molar-refractivity contribution in [1.82, 2.24) is 29.8 Å². The quantitative estimate of drug-likeness (QED) is 0.498. The van der Waals surface area contributed by atoms with Gasteiger partial charge in [-0.15, -0.1) is 0 Å². The molecule has 0 atom stereocenters. The number of para-hydroxylation sites is 1. The van der Waals surface area contributed by atoms with Gasteiger partial charge in [-0.05, 0) is 34.7 Å². The fourth-order valence-corrected chi connectivity index (χ4v) is 3.12. The van der Waals surface area contributed by atoms with Crippen LogP contribution in [0.2, 0.25) is 5.15 Å². The molecule has 1 amide bonds. The molecule has 2 aromatic carbocycles. The number of carbonyl (C=O) groups is 1. The number of aromatic nitrogens is 6. The molecule has 1 N–H and O–H groups in total. The maximum atomic E-state index is 13.9. The van der Waals surface area contributed by atoms with Crippen LogP contribution in [0.1, 0.15) is 0 Å². The zero-order valence-corrected chi connectivity index (χ0v) is 16.9. The number of nitrogens with one attached hydrogen (secondary N) is 1. The molecule has 0 aliphatic rings. The molecular formula is C19H12ClF2N7O3. The van der Waals surface area contributed by atoms with Crippen LogP contribution in [0.3, 0.4) is 0 Å². The number of anilines is 1. The Morgan fingerprint density at radius 2 is 1.81 bits per heavy atom. The summed E-state index contributed by atoms with van der Waals surface area (Å²) < 4.78 is 34.9. The van der Waals surface area contributed by atoms with E-state index in [-0.39, 0.29) is 22.4 Å². The Bertz CT molecular complexity index is 1360. The minimum Gasteiger partial charge on any atom is -0.385 e. The van der Waals surface area contributed by atoms with Gasteiger partial charge in [-0.3, -0.25) is 14.7 Å². The van der Waals surface area contributed by atoms with Crippen LogP contribution >= 0.6 is 11.6 Å². The zero-order valence-electron chi connectivity index (χ0n) is 16.2. The third kappa shape index (κ3) is 4.16. The van der Waals surface area contributed by atoms with E-state index in [4.69, 9.17) is 16.3 Å². The number of ether oxygens (including phenoxy) is 1. The molecule has 32 heavy (non-hydrogen) atoms. The number of aryl methyl sites for hydroxylation is 1. The lowest BCUT2D eigenvalue weighted by Crippen LogP contribution is -2.28. The summed E-state index contributed by atoms with van der Waals surface area (Å²) in [7, 11) is 1.47. The van der Waals surface area contributed by atoms with E-state index in [0.29, 0.717) is 11.8 Å². The van der Waals surface area contributed by atoms with Crippen LogP contribution in [0.4, 0.5) is 19.5 Å². The number of amides is 1. The number of hydrogen-bond acceptors (Lipinski definition) is 7. The van der Waals surface area contributed by atoms with Gasteiger partial charge in [-0.25, -0.2) is 18.3 Å². The average molecular weight is 460 g/mol. The second kappa shape index (κ2) is 8.51. The van der Waals surface area contributed by atoms with E-state index in [1.807, 2.05) is 0 Å². The van der Waals surface area contributed by atoms with Crippen molar-refractivity contribution in [3.05, 3.63) is 75.7 Å². The van der Waals surface area contributed by atoms with Gasteiger partial charge in [0.25, 0.3) is 11.8 Å². The number of benzene rings is 2. The summed E-state index contributed by atoms with van der Waals surface area (Å²) in [6.07, 6.45) is -1.10. The van der Waals surface area contributed by atoms with Gasteiger partial charge in [0.1, 0.15) is 11.6 Å². The third-order valence-electron chi connectivity index (χ3n) is 4.18. The Kier molecular flexibility index (Phi) is 5.60. The number of carbonyl (C=O) groups excluding carboxylic acids is 1. The van der Waals surface area contributed by atoms with E-state index in [9.17, 15) is 18.4 Å². The molecule has 0 radical (unpaired) electrons. The highest BCUT2D eigenvalue weighted by molar-refractivity contribution is 6.32. The Hall–Kier alpha value is -4.19. The monoisotopic (exact) mass is 459 g/mol. The van der Waals surface area contributed by atoms with Crippen LogP contribution < -0.4 is 15.6 Å². The van der Waals surface area contributed by atoms with Crippen LogP contribution in [0, 0.1) is 11.6 Å². The van der Waals surface area contributed by atoms with Gasteiger partial charge in [-0.2, -0.15) is 4.98 Å². The fraction of sp³-hybridized carbons (Fsp3) is 0.0526. The van der Waals surface area contributed by atoms with Crippen LogP contribution in [0.25, 0.3) is 16.9 Å². The lowest BCUT2D eigenvalue weighted by molar-refractivity contribution is 0.212. The largest absolute Gasteiger partial charge is 0.421 e. The van der Waals surface area contributed by atoms with E-state index >= 15 is 0 Å². The normalized spacial score (nSPS) is 10.8. The molecule has 0 bridgehead atoms. The molecular weight excluding hydrogens is 448 g/mol. The Balaban J connectivity index is 1.84. The number of hydrogen-bond donors (Lipinski definition) is 1. The van der Waals surface area contributed by atoms with Crippen molar-refractivity contribution in [2.45, 2.75) is 0 Å². The molecule has 10 nitrogen and oxygen atoms in total. The van der Waals surface area contributed by atoms with Gasteiger partial charge < -0.3 is 4.74 Å². The lowest BCUT2D eigenvalue weighted by atomic mass is 10.1. The Morgan fingerprint density at radius 3 is 2.44 bits per heavy atom. The van der Waals surface area contributed by atoms with Crippen molar-refractivity contribution in [3.8, 4) is 22.8 Å². The second-order valence-corrected chi connectivity index (χ2v) is 6.69. The number of halogens is 3. The van der Waals surface area contributed by atoms with Crippen LogP contribution in [0.15, 0.2) is 53.3 Å². The van der Waals surface area contributed by atoms with Gasteiger partial charge in [0.2, 0.25) is 0 Å². The van der Waals surface area contributed by atoms with Crippen molar-refractivity contribution in [2.75, 3.05) is 5.32 Å². The molecule has 162 valence electrons. The number of tetrazole rings is 1. The summed E-state index contributed by atoms with van der Waals surface area (Å²) in [5.74, 6) is -2.47. The summed E-state index contributed by atoms with van der Waals surface area (Å²) in [5.41, 5.74) is -0.732. The summed E-state index contributed by atoms with van der Waals surface area (Å²) in [5, 5.41) is 12.4. The first kappa shape index (κ1) is 21.1. The van der Waals surface area contributed by atoms with Crippen LogP contribution in [-0.4, -0.2) is 35.9 Å². The van der Waals surface area contributed by atoms with E-state index in [0.717, 1.165) is 21.4 Å². The van der Waals surface area contributed by atoms with Crippen molar-refractivity contribution in [2.24, 2.45) is 7.05 Å². The molecule has 0 aliphatic carbocycles. The summed E-state index contributed by atoms with van der Waals surface area (Å²) in [6, 6.07) is 10.8. The van der Waals surface area contributed by atoms with Gasteiger partial charge in [0.05, 0.1) is 5.69 Å². The molecule has 2 aromatic heterocycles. The number of nitrogens with zero attached hydrogens (tertiary/aromatic N) is 6. The highest BCUT2D eigenvalue weighted by Gasteiger charge is 2.22. The summed E-state index contributed by atoms with van der Waals surface area (Å²) in [6.45, 7) is 0. The summed E-state index contributed by atoms with van der Waals surface area (Å²) >= 11 is 6.28. The predicted molar refractivity (Wildman–Crippen MR) is 109 cm³/mol. The van der Waals surface area contributed by atoms with Crippen LogP contribution in [0.5, 0.6) is 5.88 Å². The van der Waals surface area contributed by atoms with Gasteiger partial charge >= 0.3 is 11.7 Å². The Morgan fingerprint density at radius 1 is 1.12 bits per heavy atom. The average Bonchev–Trinajstić information content (AvgIpc) is 3.14. The lowest BCUT2D eigenvalue weighted by Gasteiger charge is -2.16. The van der Waals surface area contributed by atoms with E-state index < -0.39 is 29.2 Å². The smallest absolute Gasteiger partial charge is 0.385 e. The maximum Gasteiger partial charge on any atom is 0.421 e. The van der Waals surface area contributed by atoms with Crippen molar-refractivity contribution >= 4 is 23.6 Å². The van der Waals surface area contributed by atoms with Gasteiger partial charge in [-0.1, -0.05) is 34.9 Å².